The van der Waals surface area contributed by atoms with Crippen LogP contribution in [0.5, 0.6) is 0 Å². The molecule has 0 amide bonds. The van der Waals surface area contributed by atoms with Gasteiger partial charge in [-0.05, 0) is 37.8 Å². The molecule has 0 saturated carbocycles. The number of hydrogen-bond acceptors (Lipinski definition) is 5. The molecule has 0 spiro atoms. The van der Waals surface area contributed by atoms with E-state index in [0.29, 0.717) is 5.56 Å². The van der Waals surface area contributed by atoms with E-state index in [0.717, 1.165) is 23.8 Å². The Morgan fingerprint density at radius 2 is 2.25 bits per heavy atom. The molecule has 20 heavy (non-hydrogen) atoms. The minimum absolute atomic E-state index is 0.639. The summed E-state index contributed by atoms with van der Waals surface area (Å²) in [6.45, 7) is 0.750. The van der Waals surface area contributed by atoms with Crippen molar-refractivity contribution in [3.8, 4) is 6.07 Å². The maximum Gasteiger partial charge on any atom is 0.129 e. The molecule has 0 fully saturated rings. The van der Waals surface area contributed by atoms with Gasteiger partial charge in [0.1, 0.15) is 10.8 Å². The number of anilines is 1. The molecule has 0 saturated heterocycles. The van der Waals surface area contributed by atoms with Gasteiger partial charge in [-0.3, -0.25) is 0 Å². The minimum Gasteiger partial charge on any atom is -0.353 e. The minimum atomic E-state index is 0.639. The van der Waals surface area contributed by atoms with Gasteiger partial charge in [-0.15, -0.1) is 11.3 Å². The summed E-state index contributed by atoms with van der Waals surface area (Å²) in [4.78, 5) is 12.6. The van der Waals surface area contributed by atoms with Gasteiger partial charge >= 0.3 is 0 Å². The Morgan fingerprint density at radius 1 is 1.40 bits per heavy atom. The first-order valence-electron chi connectivity index (χ1n) is 6.81. The number of thiazole rings is 1. The molecule has 1 aliphatic carbocycles. The summed E-state index contributed by atoms with van der Waals surface area (Å²) in [5.41, 5.74) is 1.93. The molecule has 0 bridgehead atoms. The number of aryl methyl sites for hydroxylation is 2. The molecule has 2 heterocycles. The van der Waals surface area contributed by atoms with Crippen molar-refractivity contribution < 1.29 is 0 Å². The van der Waals surface area contributed by atoms with E-state index in [4.69, 9.17) is 10.2 Å². The van der Waals surface area contributed by atoms with Crippen LogP contribution in [0.1, 0.15) is 34.0 Å². The van der Waals surface area contributed by atoms with Crippen molar-refractivity contribution in [1.29, 1.82) is 5.26 Å². The SMILES string of the molecule is CN(Cc1nc2c(s1)CCCC2)c1cc(C#N)ccn1. The van der Waals surface area contributed by atoms with E-state index in [-0.39, 0.29) is 0 Å². The maximum atomic E-state index is 8.94. The lowest BCUT2D eigenvalue weighted by atomic mass is 10.0. The van der Waals surface area contributed by atoms with Gasteiger partial charge in [-0.1, -0.05) is 0 Å². The summed E-state index contributed by atoms with van der Waals surface area (Å²) in [5.74, 6) is 0.817. The van der Waals surface area contributed by atoms with Gasteiger partial charge in [0, 0.05) is 18.1 Å². The van der Waals surface area contributed by atoms with Crippen LogP contribution in [0, 0.1) is 11.3 Å². The number of hydrogen-bond donors (Lipinski definition) is 0. The second-order valence-electron chi connectivity index (χ2n) is 5.06. The highest BCUT2D eigenvalue weighted by atomic mass is 32.1. The summed E-state index contributed by atoms with van der Waals surface area (Å²) < 4.78 is 0. The molecule has 4 nitrogen and oxygen atoms in total. The topological polar surface area (TPSA) is 52.8 Å². The van der Waals surface area contributed by atoms with Crippen molar-refractivity contribution in [3.05, 3.63) is 39.5 Å². The van der Waals surface area contributed by atoms with Gasteiger partial charge in [0.25, 0.3) is 0 Å². The first-order chi connectivity index (χ1) is 9.76. The molecule has 0 N–H and O–H groups in total. The second kappa shape index (κ2) is 5.59. The molecule has 5 heteroatoms. The van der Waals surface area contributed by atoms with Crippen molar-refractivity contribution in [2.45, 2.75) is 32.2 Å². The van der Waals surface area contributed by atoms with Gasteiger partial charge in [0.2, 0.25) is 0 Å². The number of fused-ring (bicyclic) bond motifs is 1. The Hall–Kier alpha value is -1.93. The van der Waals surface area contributed by atoms with Crippen molar-refractivity contribution in [1.82, 2.24) is 9.97 Å². The predicted octanol–water partition coefficient (Wildman–Crippen LogP) is 2.92. The van der Waals surface area contributed by atoms with Crippen molar-refractivity contribution in [2.75, 3.05) is 11.9 Å². The molecule has 2 aromatic heterocycles. The quantitative estimate of drug-likeness (QED) is 0.869. The van der Waals surface area contributed by atoms with Gasteiger partial charge in [0.15, 0.2) is 0 Å². The van der Waals surface area contributed by atoms with Crippen LogP contribution in [-0.4, -0.2) is 17.0 Å². The molecular weight excluding hydrogens is 268 g/mol. The van der Waals surface area contributed by atoms with Crippen molar-refractivity contribution >= 4 is 17.2 Å². The summed E-state index contributed by atoms with van der Waals surface area (Å²) in [6, 6.07) is 5.68. The van der Waals surface area contributed by atoms with Crippen molar-refractivity contribution in [2.24, 2.45) is 0 Å². The van der Waals surface area contributed by atoms with Crippen LogP contribution in [0.4, 0.5) is 5.82 Å². The summed E-state index contributed by atoms with van der Waals surface area (Å²) in [5, 5.41) is 10.1. The fraction of sp³-hybridized carbons (Fsp3) is 0.400. The third-order valence-corrected chi connectivity index (χ3v) is 4.67. The zero-order valence-corrected chi connectivity index (χ0v) is 12.3. The summed E-state index contributed by atoms with van der Waals surface area (Å²) in [7, 11) is 1.99. The first-order valence-corrected chi connectivity index (χ1v) is 7.62. The van der Waals surface area contributed by atoms with Crippen LogP contribution in [0.15, 0.2) is 18.3 Å². The Balaban J connectivity index is 1.76. The van der Waals surface area contributed by atoms with Crippen LogP contribution in [0.25, 0.3) is 0 Å². The predicted molar refractivity (Wildman–Crippen MR) is 79.8 cm³/mol. The lowest BCUT2D eigenvalue weighted by Gasteiger charge is -2.16. The molecular formula is C15H16N4S. The Kier molecular flexibility index (Phi) is 3.66. The van der Waals surface area contributed by atoms with Gasteiger partial charge < -0.3 is 4.90 Å². The number of nitriles is 1. The summed E-state index contributed by atoms with van der Waals surface area (Å²) in [6.07, 6.45) is 6.53. The molecule has 0 radical (unpaired) electrons. The zero-order valence-electron chi connectivity index (χ0n) is 11.5. The van der Waals surface area contributed by atoms with E-state index in [1.807, 2.05) is 29.4 Å². The fourth-order valence-electron chi connectivity index (χ4n) is 2.45. The number of aromatic nitrogens is 2. The molecule has 0 aliphatic heterocycles. The van der Waals surface area contributed by atoms with Gasteiger partial charge in [-0.25, -0.2) is 9.97 Å². The largest absolute Gasteiger partial charge is 0.353 e. The molecule has 0 unspecified atom stereocenters. The smallest absolute Gasteiger partial charge is 0.129 e. The molecule has 1 aliphatic rings. The van der Waals surface area contributed by atoms with Crippen LogP contribution in [0.3, 0.4) is 0 Å². The maximum absolute atomic E-state index is 8.94. The van der Waals surface area contributed by atoms with E-state index >= 15 is 0 Å². The van der Waals surface area contributed by atoms with E-state index in [1.54, 1.807) is 12.3 Å². The average Bonchev–Trinajstić information content (AvgIpc) is 2.89. The average molecular weight is 284 g/mol. The third-order valence-electron chi connectivity index (χ3n) is 3.53. The van der Waals surface area contributed by atoms with Crippen LogP contribution >= 0.6 is 11.3 Å². The molecule has 102 valence electrons. The Bertz CT molecular complexity index is 633. The van der Waals surface area contributed by atoms with E-state index < -0.39 is 0 Å². The van der Waals surface area contributed by atoms with Crippen LogP contribution in [-0.2, 0) is 19.4 Å². The van der Waals surface area contributed by atoms with Crippen LogP contribution < -0.4 is 4.90 Å². The highest BCUT2D eigenvalue weighted by Crippen LogP contribution is 2.27. The molecule has 0 aromatic carbocycles. The summed E-state index contributed by atoms with van der Waals surface area (Å²) >= 11 is 1.82. The highest BCUT2D eigenvalue weighted by Gasteiger charge is 2.16. The second-order valence-corrected chi connectivity index (χ2v) is 6.22. The number of rotatable bonds is 3. The molecule has 0 atom stereocenters. The Labute approximate surface area is 122 Å². The normalized spacial score (nSPS) is 13.6. The monoisotopic (exact) mass is 284 g/mol. The standard InChI is InChI=1S/C15H16N4S/c1-19(14-8-11(9-16)6-7-17-14)10-15-18-12-4-2-3-5-13(12)20-15/h6-8H,2-5,10H2,1H3. The fourth-order valence-corrected chi connectivity index (χ4v) is 3.66. The van der Waals surface area contributed by atoms with E-state index in [1.165, 1.54) is 29.8 Å². The lowest BCUT2D eigenvalue weighted by molar-refractivity contribution is 0.680. The zero-order chi connectivity index (χ0) is 13.9. The van der Waals surface area contributed by atoms with Gasteiger partial charge in [-0.2, -0.15) is 5.26 Å². The molecule has 2 aromatic rings. The van der Waals surface area contributed by atoms with E-state index in [2.05, 4.69) is 11.1 Å². The lowest BCUT2D eigenvalue weighted by Crippen LogP contribution is -2.17. The number of pyridine rings is 1. The van der Waals surface area contributed by atoms with Crippen LogP contribution in [0.2, 0.25) is 0 Å². The third kappa shape index (κ3) is 2.66. The van der Waals surface area contributed by atoms with Crippen molar-refractivity contribution in [3.63, 3.8) is 0 Å². The Morgan fingerprint density at radius 3 is 3.05 bits per heavy atom. The number of nitrogens with zero attached hydrogens (tertiary/aromatic N) is 4. The molecule has 3 rings (SSSR count). The highest BCUT2D eigenvalue weighted by molar-refractivity contribution is 7.11. The van der Waals surface area contributed by atoms with E-state index in [9.17, 15) is 0 Å². The van der Waals surface area contributed by atoms with Gasteiger partial charge in [0.05, 0.1) is 23.9 Å². The first kappa shape index (κ1) is 13.1.